The molecule has 1 heterocycles. The highest BCUT2D eigenvalue weighted by Crippen LogP contribution is 2.20. The maximum atomic E-state index is 12.4. The van der Waals surface area contributed by atoms with Crippen LogP contribution >= 0.6 is 0 Å². The van der Waals surface area contributed by atoms with Gasteiger partial charge in [0.2, 0.25) is 0 Å². The quantitative estimate of drug-likeness (QED) is 0.474. The van der Waals surface area contributed by atoms with Crippen molar-refractivity contribution in [1.82, 2.24) is 4.98 Å². The van der Waals surface area contributed by atoms with Gasteiger partial charge in [-0.2, -0.15) is 0 Å². The number of rotatable bonds is 7. The van der Waals surface area contributed by atoms with Crippen molar-refractivity contribution in [2.24, 2.45) is 0 Å². The van der Waals surface area contributed by atoms with E-state index < -0.39 is 5.97 Å². The SMILES string of the molecule is CCCCCC(=O)c1cc2ccccc2nc1/C=C/C(=O)O. The smallest absolute Gasteiger partial charge is 0.328 e. The van der Waals surface area contributed by atoms with Gasteiger partial charge < -0.3 is 5.11 Å². The third-order valence-electron chi connectivity index (χ3n) is 3.45. The van der Waals surface area contributed by atoms with Gasteiger partial charge in [0.15, 0.2) is 5.78 Å². The van der Waals surface area contributed by atoms with Crippen LogP contribution in [0.4, 0.5) is 0 Å². The molecule has 0 aliphatic heterocycles. The summed E-state index contributed by atoms with van der Waals surface area (Å²) in [5.41, 5.74) is 1.66. The fraction of sp³-hybridized carbons (Fsp3) is 0.278. The zero-order valence-electron chi connectivity index (χ0n) is 12.6. The lowest BCUT2D eigenvalue weighted by atomic mass is 10.0. The van der Waals surface area contributed by atoms with Crippen molar-refractivity contribution in [1.29, 1.82) is 0 Å². The molecule has 0 fully saturated rings. The molecular formula is C18H19NO3. The minimum atomic E-state index is -1.06. The molecule has 0 atom stereocenters. The van der Waals surface area contributed by atoms with Crippen molar-refractivity contribution < 1.29 is 14.7 Å². The number of aliphatic carboxylic acids is 1. The van der Waals surface area contributed by atoms with E-state index in [2.05, 4.69) is 11.9 Å². The standard InChI is InChI=1S/C18H19NO3/c1-2-3-4-9-17(20)14-12-13-7-5-6-8-15(13)19-16(14)10-11-18(21)22/h5-8,10-12H,2-4,9H2,1H3,(H,21,22)/b11-10+. The van der Waals surface area contributed by atoms with Crippen LogP contribution in [0.3, 0.4) is 0 Å². The van der Waals surface area contributed by atoms with E-state index in [1.54, 1.807) is 6.07 Å². The highest BCUT2D eigenvalue weighted by molar-refractivity contribution is 6.02. The molecule has 4 heteroatoms. The third-order valence-corrected chi connectivity index (χ3v) is 3.45. The first-order valence-electron chi connectivity index (χ1n) is 7.46. The maximum absolute atomic E-state index is 12.4. The summed E-state index contributed by atoms with van der Waals surface area (Å²) in [6.07, 6.45) is 5.76. The van der Waals surface area contributed by atoms with Crippen molar-refractivity contribution in [3.63, 3.8) is 0 Å². The Kier molecular flexibility index (Phi) is 5.42. The number of aromatic nitrogens is 1. The van der Waals surface area contributed by atoms with Gasteiger partial charge in [-0.1, -0.05) is 38.0 Å². The average Bonchev–Trinajstić information content (AvgIpc) is 2.52. The number of fused-ring (bicyclic) bond motifs is 1. The summed E-state index contributed by atoms with van der Waals surface area (Å²) in [7, 11) is 0. The van der Waals surface area contributed by atoms with E-state index in [9.17, 15) is 9.59 Å². The number of carbonyl (C=O) groups is 2. The summed E-state index contributed by atoms with van der Waals surface area (Å²) in [5.74, 6) is -1.05. The van der Waals surface area contributed by atoms with Gasteiger partial charge in [0, 0.05) is 23.4 Å². The first-order chi connectivity index (χ1) is 10.6. The molecule has 0 spiro atoms. The lowest BCUT2D eigenvalue weighted by molar-refractivity contribution is -0.131. The van der Waals surface area contributed by atoms with Gasteiger partial charge in [0.1, 0.15) is 0 Å². The predicted octanol–water partition coefficient (Wildman–Crippen LogP) is 4.10. The second-order valence-electron chi connectivity index (χ2n) is 5.17. The Morgan fingerprint density at radius 2 is 2.00 bits per heavy atom. The third kappa shape index (κ3) is 4.01. The zero-order chi connectivity index (χ0) is 15.9. The first-order valence-corrected chi connectivity index (χ1v) is 7.46. The van der Waals surface area contributed by atoms with Crippen molar-refractivity contribution in [2.75, 3.05) is 0 Å². The molecule has 1 aromatic heterocycles. The van der Waals surface area contributed by atoms with Gasteiger partial charge in [-0.15, -0.1) is 0 Å². The number of carboxylic acids is 1. The molecule has 22 heavy (non-hydrogen) atoms. The van der Waals surface area contributed by atoms with Crippen LogP contribution in [0, 0.1) is 0 Å². The van der Waals surface area contributed by atoms with Crippen LogP contribution in [0.15, 0.2) is 36.4 Å². The Hall–Kier alpha value is -2.49. The highest BCUT2D eigenvalue weighted by atomic mass is 16.4. The lowest BCUT2D eigenvalue weighted by Gasteiger charge is -2.07. The van der Waals surface area contributed by atoms with E-state index in [0.717, 1.165) is 36.2 Å². The molecule has 2 rings (SSSR count). The van der Waals surface area contributed by atoms with Crippen molar-refractivity contribution in [2.45, 2.75) is 32.6 Å². The molecule has 0 saturated carbocycles. The summed E-state index contributed by atoms with van der Waals surface area (Å²) in [4.78, 5) is 27.6. The van der Waals surface area contributed by atoms with Crippen LogP contribution in [0.2, 0.25) is 0 Å². The highest BCUT2D eigenvalue weighted by Gasteiger charge is 2.12. The minimum Gasteiger partial charge on any atom is -0.478 e. The number of hydrogen-bond acceptors (Lipinski definition) is 3. The fourth-order valence-corrected chi connectivity index (χ4v) is 2.30. The molecule has 114 valence electrons. The molecular weight excluding hydrogens is 278 g/mol. The second kappa shape index (κ2) is 7.50. The minimum absolute atomic E-state index is 0.0109. The maximum Gasteiger partial charge on any atom is 0.328 e. The number of carboxylic acid groups (broad SMARTS) is 1. The number of benzene rings is 1. The van der Waals surface area contributed by atoms with Gasteiger partial charge in [0.05, 0.1) is 11.2 Å². The van der Waals surface area contributed by atoms with Crippen LogP contribution in [0.25, 0.3) is 17.0 Å². The van der Waals surface area contributed by atoms with Crippen molar-refractivity contribution in [3.8, 4) is 0 Å². The summed E-state index contributed by atoms with van der Waals surface area (Å²) >= 11 is 0. The molecule has 4 nitrogen and oxygen atoms in total. The van der Waals surface area contributed by atoms with Gasteiger partial charge in [-0.05, 0) is 24.6 Å². The Morgan fingerprint density at radius 3 is 2.73 bits per heavy atom. The Labute approximate surface area is 129 Å². The van der Waals surface area contributed by atoms with Crippen LogP contribution in [0.5, 0.6) is 0 Å². The zero-order valence-corrected chi connectivity index (χ0v) is 12.6. The van der Waals surface area contributed by atoms with E-state index in [1.165, 1.54) is 6.08 Å². The number of ketones is 1. The van der Waals surface area contributed by atoms with Crippen molar-refractivity contribution in [3.05, 3.63) is 47.7 Å². The van der Waals surface area contributed by atoms with E-state index >= 15 is 0 Å². The summed E-state index contributed by atoms with van der Waals surface area (Å²) in [6, 6.07) is 9.30. The summed E-state index contributed by atoms with van der Waals surface area (Å²) in [5, 5.41) is 9.67. The molecule has 0 aliphatic carbocycles. The van der Waals surface area contributed by atoms with E-state index in [0.29, 0.717) is 17.7 Å². The number of pyridine rings is 1. The Morgan fingerprint density at radius 1 is 1.23 bits per heavy atom. The van der Waals surface area contributed by atoms with Crippen LogP contribution < -0.4 is 0 Å². The Balaban J connectivity index is 2.41. The fourth-order valence-electron chi connectivity index (χ4n) is 2.30. The molecule has 0 aliphatic rings. The number of hydrogen-bond donors (Lipinski definition) is 1. The van der Waals surface area contributed by atoms with E-state index in [4.69, 9.17) is 5.11 Å². The molecule has 0 unspecified atom stereocenters. The monoisotopic (exact) mass is 297 g/mol. The molecule has 0 radical (unpaired) electrons. The lowest BCUT2D eigenvalue weighted by Crippen LogP contribution is -2.04. The normalized spacial score (nSPS) is 11.1. The summed E-state index contributed by atoms with van der Waals surface area (Å²) in [6.45, 7) is 2.09. The average molecular weight is 297 g/mol. The molecule has 0 amide bonds. The van der Waals surface area contributed by atoms with Gasteiger partial charge in [0.25, 0.3) is 0 Å². The molecule has 1 N–H and O–H groups in total. The van der Waals surface area contributed by atoms with E-state index in [1.807, 2.05) is 24.3 Å². The number of unbranched alkanes of at least 4 members (excludes halogenated alkanes) is 2. The van der Waals surface area contributed by atoms with E-state index in [-0.39, 0.29) is 5.78 Å². The Bertz CT molecular complexity index is 719. The molecule has 2 aromatic rings. The first kappa shape index (κ1) is 15.9. The summed E-state index contributed by atoms with van der Waals surface area (Å²) < 4.78 is 0. The number of nitrogens with zero attached hydrogens (tertiary/aromatic N) is 1. The van der Waals surface area contributed by atoms with Gasteiger partial charge >= 0.3 is 5.97 Å². The number of Topliss-reactive ketones (excluding diaryl/α,β-unsaturated/α-hetero) is 1. The largest absolute Gasteiger partial charge is 0.478 e. The molecule has 0 bridgehead atoms. The topological polar surface area (TPSA) is 67.3 Å². The number of para-hydroxylation sites is 1. The van der Waals surface area contributed by atoms with Crippen molar-refractivity contribution >= 4 is 28.7 Å². The molecule has 0 saturated heterocycles. The van der Waals surface area contributed by atoms with Crippen LogP contribution in [-0.4, -0.2) is 21.8 Å². The van der Waals surface area contributed by atoms with Gasteiger partial charge in [-0.3, -0.25) is 4.79 Å². The van der Waals surface area contributed by atoms with Crippen LogP contribution in [-0.2, 0) is 4.79 Å². The van der Waals surface area contributed by atoms with Gasteiger partial charge in [-0.25, -0.2) is 9.78 Å². The predicted molar refractivity (Wildman–Crippen MR) is 86.9 cm³/mol. The second-order valence-corrected chi connectivity index (χ2v) is 5.17. The molecule has 1 aromatic carbocycles. The number of carbonyl (C=O) groups excluding carboxylic acids is 1. The van der Waals surface area contributed by atoms with Crippen LogP contribution in [0.1, 0.15) is 48.7 Å².